The van der Waals surface area contributed by atoms with E-state index in [0.29, 0.717) is 62.9 Å². The second kappa shape index (κ2) is 13.7. The van der Waals surface area contributed by atoms with Crippen LogP contribution in [0.3, 0.4) is 0 Å². The first kappa shape index (κ1) is 34.2. The summed E-state index contributed by atoms with van der Waals surface area (Å²) >= 11 is 6.24. The largest absolute Gasteiger partial charge is 0.490 e. The molecule has 2 heterocycles. The van der Waals surface area contributed by atoms with Gasteiger partial charge in [-0.2, -0.15) is 0 Å². The van der Waals surface area contributed by atoms with Gasteiger partial charge in [-0.25, -0.2) is 17.5 Å². The molecule has 47 heavy (non-hydrogen) atoms. The summed E-state index contributed by atoms with van der Waals surface area (Å²) in [4.78, 5) is 15.8. The SMILES string of the molecule is C=C[C@H]1C[C@H](OCCNC)[C@@H]2CC[C@H]2CN2C[C@@]3(CCCc4c3ccc(Cl)c4F)COc3ccc(cc32)C(=O)NS(=O)(=O)[C@H](C)[C@H]1C. The highest BCUT2D eigenvalue weighted by Gasteiger charge is 2.46. The molecule has 0 saturated heterocycles. The zero-order valence-corrected chi connectivity index (χ0v) is 29.1. The van der Waals surface area contributed by atoms with Gasteiger partial charge in [0.15, 0.2) is 0 Å². The van der Waals surface area contributed by atoms with Crippen LogP contribution in [-0.4, -0.2) is 65.6 Å². The van der Waals surface area contributed by atoms with E-state index >= 15 is 4.39 Å². The Morgan fingerprint density at radius 2 is 2.06 bits per heavy atom. The third-order valence-electron chi connectivity index (χ3n) is 11.4. The molecule has 256 valence electrons. The van der Waals surface area contributed by atoms with Crippen LogP contribution in [0.2, 0.25) is 5.02 Å². The van der Waals surface area contributed by atoms with Crippen LogP contribution in [0.5, 0.6) is 5.75 Å². The number of nitrogens with one attached hydrogen (secondary N) is 2. The van der Waals surface area contributed by atoms with E-state index in [1.54, 1.807) is 31.2 Å². The lowest BCUT2D eigenvalue weighted by atomic mass is 9.67. The lowest BCUT2D eigenvalue weighted by molar-refractivity contribution is -0.0523. The number of rotatable bonds is 5. The number of sulfonamides is 1. The van der Waals surface area contributed by atoms with Gasteiger partial charge in [0.2, 0.25) is 10.0 Å². The van der Waals surface area contributed by atoms with E-state index in [1.807, 2.05) is 26.1 Å². The Labute approximate surface area is 283 Å². The fourth-order valence-electron chi connectivity index (χ4n) is 8.27. The maximum Gasteiger partial charge on any atom is 0.264 e. The van der Waals surface area contributed by atoms with E-state index in [4.69, 9.17) is 21.1 Å². The number of benzene rings is 2. The molecule has 2 N–H and O–H groups in total. The first-order chi connectivity index (χ1) is 22.5. The quantitative estimate of drug-likeness (QED) is 0.300. The molecule has 1 amide bonds. The smallest absolute Gasteiger partial charge is 0.264 e. The second-order valence-corrected chi connectivity index (χ2v) is 16.5. The number of amides is 1. The van der Waals surface area contributed by atoms with Crippen molar-refractivity contribution in [3.8, 4) is 5.75 Å². The van der Waals surface area contributed by atoms with Gasteiger partial charge in [0.05, 0.1) is 35.3 Å². The monoisotopic (exact) mass is 687 g/mol. The Hall–Kier alpha value is -2.66. The van der Waals surface area contributed by atoms with E-state index in [9.17, 15) is 13.2 Å². The number of hydrogen-bond donors (Lipinski definition) is 2. The van der Waals surface area contributed by atoms with Crippen LogP contribution in [0.4, 0.5) is 10.1 Å². The molecular weight excluding hydrogens is 641 g/mol. The molecule has 1 spiro atoms. The van der Waals surface area contributed by atoms with Gasteiger partial charge in [-0.15, -0.1) is 6.58 Å². The third-order valence-corrected chi connectivity index (χ3v) is 13.6. The number of allylic oxidation sites excluding steroid dienone is 1. The molecule has 4 aliphatic rings. The number of likely N-dealkylation sites (N-methyl/N-ethyl adjacent to an activating group) is 1. The number of hydrogen-bond acceptors (Lipinski definition) is 7. The highest BCUT2D eigenvalue weighted by molar-refractivity contribution is 7.90. The predicted molar refractivity (Wildman–Crippen MR) is 183 cm³/mol. The van der Waals surface area contributed by atoms with Crippen molar-refractivity contribution < 1.29 is 27.1 Å². The van der Waals surface area contributed by atoms with Crippen molar-refractivity contribution in [2.75, 3.05) is 44.8 Å². The van der Waals surface area contributed by atoms with Crippen molar-refractivity contribution in [3.63, 3.8) is 0 Å². The molecule has 6 rings (SSSR count). The second-order valence-electron chi connectivity index (χ2n) is 14.1. The van der Waals surface area contributed by atoms with Crippen molar-refractivity contribution >= 4 is 33.2 Å². The third kappa shape index (κ3) is 6.55. The van der Waals surface area contributed by atoms with Crippen LogP contribution in [0.25, 0.3) is 0 Å². The average Bonchev–Trinajstić information content (AvgIpc) is 3.19. The highest BCUT2D eigenvalue weighted by atomic mass is 35.5. The summed E-state index contributed by atoms with van der Waals surface area (Å²) in [6.45, 7) is 10.5. The van der Waals surface area contributed by atoms with Crippen molar-refractivity contribution in [3.05, 3.63) is 70.5 Å². The first-order valence-electron chi connectivity index (χ1n) is 16.9. The predicted octanol–water partition coefficient (Wildman–Crippen LogP) is 5.87. The number of carbonyl (C=O) groups is 1. The molecule has 2 aliphatic heterocycles. The Kier molecular flexibility index (Phi) is 9.96. The van der Waals surface area contributed by atoms with Gasteiger partial charge in [-0.3, -0.25) is 4.79 Å². The maximum atomic E-state index is 15.4. The summed E-state index contributed by atoms with van der Waals surface area (Å²) in [7, 11) is -2.12. The van der Waals surface area contributed by atoms with Crippen LogP contribution >= 0.6 is 11.6 Å². The molecule has 2 aliphatic carbocycles. The Bertz CT molecular complexity index is 1620. The summed E-state index contributed by atoms with van der Waals surface area (Å²) in [5.41, 5.74) is 2.07. The number of ether oxygens (including phenoxy) is 2. The number of halogens is 2. The standard InChI is InChI=1S/C36H47ClFN3O5S/c1-5-24-18-33(45-16-15-39-4)27-10-8-26(27)19-41-20-36(14-6-7-28-29(36)11-12-30(37)34(28)38)21-46-32-13-9-25(17-31(32)41)35(42)40-47(43,44)23(3)22(24)2/h5,9,11-13,17,22-24,26-27,33,39H,1,6-8,10,14-16,18-21H2,2-4H3,(H,40,42)/t22-,23-,24+,26+,27-,33+,36+/m1/s1. The lowest BCUT2D eigenvalue weighted by Gasteiger charge is -2.47. The molecule has 11 heteroatoms. The van der Waals surface area contributed by atoms with Crippen LogP contribution in [0.1, 0.15) is 67.4 Å². The van der Waals surface area contributed by atoms with Crippen molar-refractivity contribution in [1.29, 1.82) is 0 Å². The molecule has 2 bridgehead atoms. The normalized spacial score (nSPS) is 31.9. The van der Waals surface area contributed by atoms with Crippen molar-refractivity contribution in [2.24, 2.45) is 23.7 Å². The van der Waals surface area contributed by atoms with E-state index < -0.39 is 26.6 Å². The molecule has 0 unspecified atom stereocenters. The molecule has 1 fully saturated rings. The molecule has 0 aromatic heterocycles. The molecular formula is C36H47ClFN3O5S. The highest BCUT2D eigenvalue weighted by Crippen LogP contribution is 2.48. The number of anilines is 1. The van der Waals surface area contributed by atoms with Crippen molar-refractivity contribution in [1.82, 2.24) is 10.0 Å². The fraction of sp³-hybridized carbons (Fsp3) is 0.583. The number of fused-ring (bicyclic) bond motifs is 4. The maximum absolute atomic E-state index is 15.4. The van der Waals surface area contributed by atoms with Crippen LogP contribution in [0, 0.1) is 29.5 Å². The summed E-state index contributed by atoms with van der Waals surface area (Å²) in [5.74, 6) is -0.282. The molecule has 1 saturated carbocycles. The number of nitrogens with zero attached hydrogens (tertiary/aromatic N) is 1. The summed E-state index contributed by atoms with van der Waals surface area (Å²) in [6.07, 6.45) is 6.67. The van der Waals surface area contributed by atoms with E-state index in [0.717, 1.165) is 36.9 Å². The average molecular weight is 688 g/mol. The minimum atomic E-state index is -4.01. The fourth-order valence-corrected chi connectivity index (χ4v) is 9.77. The van der Waals surface area contributed by atoms with Crippen LogP contribution in [-0.2, 0) is 26.6 Å². The van der Waals surface area contributed by atoms with Gasteiger partial charge < -0.3 is 19.7 Å². The van der Waals surface area contributed by atoms with Gasteiger partial charge in [0.25, 0.3) is 5.91 Å². The number of carbonyl (C=O) groups excluding carboxylic acids is 1. The van der Waals surface area contributed by atoms with Gasteiger partial charge >= 0.3 is 0 Å². The zero-order chi connectivity index (χ0) is 33.5. The van der Waals surface area contributed by atoms with Gasteiger partial charge in [-0.1, -0.05) is 30.7 Å². The Morgan fingerprint density at radius 3 is 2.79 bits per heavy atom. The zero-order valence-electron chi connectivity index (χ0n) is 27.6. The van der Waals surface area contributed by atoms with E-state index in [1.165, 1.54) is 0 Å². The summed E-state index contributed by atoms with van der Waals surface area (Å²) < 4.78 is 58.0. The topological polar surface area (TPSA) is 97.0 Å². The van der Waals surface area contributed by atoms with Gasteiger partial charge in [0.1, 0.15) is 11.6 Å². The van der Waals surface area contributed by atoms with Crippen LogP contribution < -0.4 is 19.7 Å². The lowest BCUT2D eigenvalue weighted by Crippen LogP contribution is -2.50. The molecule has 7 atom stereocenters. The van der Waals surface area contributed by atoms with Crippen molar-refractivity contribution in [2.45, 2.75) is 69.1 Å². The summed E-state index contributed by atoms with van der Waals surface area (Å²) in [6, 6.07) is 8.72. The minimum absolute atomic E-state index is 0.0863. The Morgan fingerprint density at radius 1 is 1.26 bits per heavy atom. The molecule has 2 aromatic carbocycles. The van der Waals surface area contributed by atoms with Crippen LogP contribution in [0.15, 0.2) is 43.0 Å². The van der Waals surface area contributed by atoms with Gasteiger partial charge in [0, 0.05) is 30.6 Å². The van der Waals surface area contributed by atoms with E-state index in [2.05, 4.69) is 21.5 Å². The Balaban J connectivity index is 1.44. The minimum Gasteiger partial charge on any atom is -0.490 e. The van der Waals surface area contributed by atoms with Gasteiger partial charge in [-0.05, 0) is 112 Å². The van der Waals surface area contributed by atoms with E-state index in [-0.39, 0.29) is 40.3 Å². The molecule has 0 radical (unpaired) electrons. The molecule has 2 aromatic rings. The summed E-state index contributed by atoms with van der Waals surface area (Å²) in [5, 5.41) is 2.45. The first-order valence-corrected chi connectivity index (χ1v) is 18.8. The molecule has 8 nitrogen and oxygen atoms in total.